The number of nitrogens with one attached hydrogen (secondary N) is 1. The second-order valence-corrected chi connectivity index (χ2v) is 8.26. The van der Waals surface area contributed by atoms with Crippen molar-refractivity contribution in [2.45, 2.75) is 71.1 Å². The van der Waals surface area contributed by atoms with E-state index in [2.05, 4.69) is 12.2 Å². The van der Waals surface area contributed by atoms with E-state index in [1.54, 1.807) is 12.1 Å². The molecule has 1 rings (SSSR count). The van der Waals surface area contributed by atoms with E-state index in [1.807, 2.05) is 0 Å². The van der Waals surface area contributed by atoms with Crippen molar-refractivity contribution in [1.82, 2.24) is 5.32 Å². The Morgan fingerprint density at radius 1 is 0.806 bits per heavy atom. The number of carbonyl (C=O) groups is 2. The van der Waals surface area contributed by atoms with Crippen LogP contribution < -0.4 is 24.3 Å². The average molecular weight is 456 g/mol. The molecule has 0 atom stereocenters. The van der Waals surface area contributed by atoms with E-state index < -0.39 is 11.3 Å². The zero-order valence-corrected chi connectivity index (χ0v) is 20.1. The molecule has 0 aliphatic carbocycles. The summed E-state index contributed by atoms with van der Waals surface area (Å²) in [4.78, 5) is 24.1. The number of hydrogen-bond donors (Lipinski definition) is 1. The van der Waals surface area contributed by atoms with Crippen LogP contribution in [0.5, 0.6) is 23.0 Å². The third-order valence-electron chi connectivity index (χ3n) is 4.80. The number of imide groups is 1. The standard InChI is InChI=1S/C23H37NO6S/c1-5-6-7-8-9-10-11-12-13-14-15-31-23(26)24-22(25)30-21-19(28-3)16-18(27-2)17-20(21)29-4/h16-17H,5-15H2,1-4H3,(H,24,25,26). The first-order chi connectivity index (χ1) is 15.0. The van der Waals surface area contributed by atoms with Crippen molar-refractivity contribution in [3.05, 3.63) is 12.1 Å². The van der Waals surface area contributed by atoms with Crippen LogP contribution in [0.2, 0.25) is 0 Å². The summed E-state index contributed by atoms with van der Waals surface area (Å²) in [6, 6.07) is 3.12. The molecule has 0 bridgehead atoms. The average Bonchev–Trinajstić information content (AvgIpc) is 2.77. The first-order valence-corrected chi connectivity index (χ1v) is 12.0. The lowest BCUT2D eigenvalue weighted by Crippen LogP contribution is -2.30. The summed E-state index contributed by atoms with van der Waals surface area (Å²) >= 11 is 1.09. The van der Waals surface area contributed by atoms with E-state index in [1.165, 1.54) is 72.7 Å². The summed E-state index contributed by atoms with van der Waals surface area (Å²) in [6.45, 7) is 2.23. The summed E-state index contributed by atoms with van der Waals surface area (Å²) in [6.07, 6.45) is 11.5. The van der Waals surface area contributed by atoms with Crippen LogP contribution in [0.15, 0.2) is 12.1 Å². The summed E-state index contributed by atoms with van der Waals surface area (Å²) in [5, 5.41) is 1.78. The third kappa shape index (κ3) is 11.2. The first-order valence-electron chi connectivity index (χ1n) is 11.0. The van der Waals surface area contributed by atoms with E-state index >= 15 is 0 Å². The number of carbonyl (C=O) groups excluding carboxylic acids is 2. The smallest absolute Gasteiger partial charge is 0.420 e. The van der Waals surface area contributed by atoms with Gasteiger partial charge in [-0.05, 0) is 6.42 Å². The minimum absolute atomic E-state index is 0.0794. The lowest BCUT2D eigenvalue weighted by atomic mass is 10.1. The van der Waals surface area contributed by atoms with Gasteiger partial charge in [-0.3, -0.25) is 10.1 Å². The van der Waals surface area contributed by atoms with Crippen molar-refractivity contribution in [3.63, 3.8) is 0 Å². The van der Waals surface area contributed by atoms with Crippen LogP contribution in [-0.2, 0) is 0 Å². The molecule has 1 aromatic rings. The molecule has 0 fully saturated rings. The molecule has 31 heavy (non-hydrogen) atoms. The van der Waals surface area contributed by atoms with Crippen LogP contribution in [0.1, 0.15) is 71.1 Å². The molecule has 0 saturated carbocycles. The molecule has 2 amide bonds. The molecule has 1 N–H and O–H groups in total. The van der Waals surface area contributed by atoms with Crippen LogP contribution in [0.4, 0.5) is 9.59 Å². The maximum atomic E-state index is 12.1. The Bertz CT molecular complexity index is 642. The number of rotatable bonds is 15. The number of unbranched alkanes of at least 4 members (excludes halogenated alkanes) is 9. The second-order valence-electron chi connectivity index (χ2n) is 7.19. The molecule has 0 radical (unpaired) electrons. The number of benzene rings is 1. The maximum Gasteiger partial charge on any atom is 0.420 e. The van der Waals surface area contributed by atoms with Crippen LogP contribution in [0, 0.1) is 0 Å². The lowest BCUT2D eigenvalue weighted by Gasteiger charge is -2.14. The van der Waals surface area contributed by atoms with Crippen molar-refractivity contribution in [2.75, 3.05) is 27.1 Å². The van der Waals surface area contributed by atoms with Crippen LogP contribution in [0.3, 0.4) is 0 Å². The van der Waals surface area contributed by atoms with Crippen LogP contribution >= 0.6 is 11.8 Å². The Morgan fingerprint density at radius 3 is 1.81 bits per heavy atom. The second kappa shape index (κ2) is 16.6. The fourth-order valence-electron chi connectivity index (χ4n) is 3.07. The van der Waals surface area contributed by atoms with Gasteiger partial charge in [0.1, 0.15) is 5.75 Å². The Morgan fingerprint density at radius 2 is 1.32 bits per heavy atom. The van der Waals surface area contributed by atoms with E-state index in [9.17, 15) is 9.59 Å². The predicted octanol–water partition coefficient (Wildman–Crippen LogP) is 6.57. The van der Waals surface area contributed by atoms with Crippen molar-refractivity contribution < 1.29 is 28.5 Å². The molecule has 8 heteroatoms. The number of amides is 2. The van der Waals surface area contributed by atoms with E-state index in [0.29, 0.717) is 11.5 Å². The van der Waals surface area contributed by atoms with Gasteiger partial charge in [0, 0.05) is 17.9 Å². The number of ether oxygens (including phenoxy) is 4. The molecule has 0 aliphatic heterocycles. The lowest BCUT2D eigenvalue weighted by molar-refractivity contribution is 0.196. The highest BCUT2D eigenvalue weighted by Gasteiger charge is 2.19. The van der Waals surface area contributed by atoms with Gasteiger partial charge >= 0.3 is 6.09 Å². The van der Waals surface area contributed by atoms with Gasteiger partial charge in [0.05, 0.1) is 21.3 Å². The molecular weight excluding hydrogens is 418 g/mol. The van der Waals surface area contributed by atoms with E-state index in [-0.39, 0.29) is 17.2 Å². The molecule has 0 unspecified atom stereocenters. The topological polar surface area (TPSA) is 83.1 Å². The molecule has 0 aromatic heterocycles. The van der Waals surface area contributed by atoms with Crippen LogP contribution in [-0.4, -0.2) is 38.4 Å². The van der Waals surface area contributed by atoms with Crippen LogP contribution in [0.25, 0.3) is 0 Å². The summed E-state index contributed by atoms with van der Waals surface area (Å²) in [5.74, 6) is 1.76. The van der Waals surface area contributed by atoms with Crippen molar-refractivity contribution in [2.24, 2.45) is 0 Å². The highest BCUT2D eigenvalue weighted by atomic mass is 32.2. The molecule has 7 nitrogen and oxygen atoms in total. The number of thioether (sulfide) groups is 1. The maximum absolute atomic E-state index is 12.1. The molecule has 176 valence electrons. The largest absolute Gasteiger partial charge is 0.496 e. The monoisotopic (exact) mass is 455 g/mol. The van der Waals surface area contributed by atoms with Gasteiger partial charge in [-0.1, -0.05) is 76.5 Å². The van der Waals surface area contributed by atoms with Crippen molar-refractivity contribution in [3.8, 4) is 23.0 Å². The summed E-state index contributed by atoms with van der Waals surface area (Å²) in [5.41, 5.74) is 0. The van der Waals surface area contributed by atoms with Crippen molar-refractivity contribution >= 4 is 23.1 Å². The number of methoxy groups -OCH3 is 3. The summed E-state index contributed by atoms with van der Waals surface area (Å²) < 4.78 is 20.9. The quantitative estimate of drug-likeness (QED) is 0.299. The minimum Gasteiger partial charge on any atom is -0.496 e. The van der Waals surface area contributed by atoms with E-state index in [4.69, 9.17) is 18.9 Å². The summed E-state index contributed by atoms with van der Waals surface area (Å²) in [7, 11) is 4.38. The Labute approximate surface area is 190 Å². The zero-order chi connectivity index (χ0) is 22.9. The van der Waals surface area contributed by atoms with Gasteiger partial charge < -0.3 is 18.9 Å². The molecular formula is C23H37NO6S. The highest BCUT2D eigenvalue weighted by Crippen LogP contribution is 2.41. The van der Waals surface area contributed by atoms with Crippen molar-refractivity contribution in [1.29, 1.82) is 0 Å². The SMILES string of the molecule is CCCCCCCCCCCCSC(=O)NC(=O)Oc1c(OC)cc(OC)cc1OC. The molecule has 0 heterocycles. The van der Waals surface area contributed by atoms with Gasteiger partial charge in [0.15, 0.2) is 11.5 Å². The van der Waals surface area contributed by atoms with Gasteiger partial charge in [-0.15, -0.1) is 0 Å². The molecule has 0 aliphatic rings. The Balaban J connectivity index is 2.26. The number of hydrogen-bond acceptors (Lipinski definition) is 7. The zero-order valence-electron chi connectivity index (χ0n) is 19.3. The van der Waals surface area contributed by atoms with Gasteiger partial charge in [-0.2, -0.15) is 0 Å². The molecule has 0 spiro atoms. The third-order valence-corrected chi connectivity index (χ3v) is 5.66. The predicted molar refractivity (Wildman–Crippen MR) is 125 cm³/mol. The fourth-order valence-corrected chi connectivity index (χ4v) is 3.76. The van der Waals surface area contributed by atoms with Gasteiger partial charge in [0.2, 0.25) is 5.75 Å². The first kappa shape index (κ1) is 26.9. The van der Waals surface area contributed by atoms with Gasteiger partial charge in [-0.25, -0.2) is 4.79 Å². The molecule has 1 aromatic carbocycles. The Hall–Kier alpha value is -2.09. The fraction of sp³-hybridized carbons (Fsp3) is 0.652. The highest BCUT2D eigenvalue weighted by molar-refractivity contribution is 8.13. The van der Waals surface area contributed by atoms with E-state index in [0.717, 1.165) is 24.6 Å². The van der Waals surface area contributed by atoms with Gasteiger partial charge in [0.25, 0.3) is 5.24 Å². The molecule has 0 saturated heterocycles. The normalized spacial score (nSPS) is 10.5. The Kier molecular flexibility index (Phi) is 14.4. The minimum atomic E-state index is -0.887.